The van der Waals surface area contributed by atoms with Gasteiger partial charge in [-0.15, -0.1) is 0 Å². The number of nitrogens with zero attached hydrogens (tertiary/aromatic N) is 4. The Morgan fingerprint density at radius 3 is 3.08 bits per heavy atom. The summed E-state index contributed by atoms with van der Waals surface area (Å²) >= 11 is 0. The summed E-state index contributed by atoms with van der Waals surface area (Å²) in [7, 11) is 1.65. The van der Waals surface area contributed by atoms with E-state index < -0.39 is 0 Å². The van der Waals surface area contributed by atoms with Gasteiger partial charge in [-0.3, -0.25) is 9.59 Å². The zero-order valence-electron chi connectivity index (χ0n) is 13.9. The standard InChI is InChI=1S/C16H21N5O3/c1-10-18-14(24-20-10)4-3-7-17-16(23)11-5-6-13-12(8-11)9-15(22)21(2)19-13/h9,11H,3-8H2,1-2H3,(H,17,23)/t11-/m1/s1. The number of carbonyl (C=O) groups is 1. The molecular weight excluding hydrogens is 310 g/mol. The van der Waals surface area contributed by atoms with E-state index in [1.54, 1.807) is 20.0 Å². The Morgan fingerprint density at radius 1 is 1.50 bits per heavy atom. The second kappa shape index (κ2) is 6.94. The topological polar surface area (TPSA) is 103 Å². The molecule has 2 aromatic rings. The highest BCUT2D eigenvalue weighted by Crippen LogP contribution is 2.23. The number of rotatable bonds is 5. The summed E-state index contributed by atoms with van der Waals surface area (Å²) in [5.41, 5.74) is 1.68. The first kappa shape index (κ1) is 16.4. The minimum Gasteiger partial charge on any atom is -0.356 e. The molecule has 0 aromatic carbocycles. The maximum atomic E-state index is 12.3. The van der Waals surface area contributed by atoms with Gasteiger partial charge in [0.1, 0.15) is 0 Å². The maximum absolute atomic E-state index is 12.3. The van der Waals surface area contributed by atoms with Crippen molar-refractivity contribution in [3.63, 3.8) is 0 Å². The lowest BCUT2D eigenvalue weighted by Crippen LogP contribution is -2.36. The molecule has 1 aliphatic carbocycles. The van der Waals surface area contributed by atoms with Crippen LogP contribution in [0.15, 0.2) is 15.4 Å². The van der Waals surface area contributed by atoms with Gasteiger partial charge in [0.05, 0.1) is 5.69 Å². The van der Waals surface area contributed by atoms with Crippen molar-refractivity contribution in [1.82, 2.24) is 25.2 Å². The summed E-state index contributed by atoms with van der Waals surface area (Å²) in [6.45, 7) is 2.34. The molecule has 1 aliphatic rings. The minimum absolute atomic E-state index is 0.0306. The van der Waals surface area contributed by atoms with Gasteiger partial charge in [0.25, 0.3) is 5.56 Å². The van der Waals surface area contributed by atoms with Gasteiger partial charge in [-0.25, -0.2) is 4.68 Å². The number of fused-ring (bicyclic) bond motifs is 1. The summed E-state index contributed by atoms with van der Waals surface area (Å²) in [4.78, 5) is 28.1. The molecule has 0 spiro atoms. The van der Waals surface area contributed by atoms with Crippen molar-refractivity contribution in [3.05, 3.63) is 39.4 Å². The number of amides is 1. The highest BCUT2D eigenvalue weighted by molar-refractivity contribution is 5.79. The maximum Gasteiger partial charge on any atom is 0.266 e. The third kappa shape index (κ3) is 3.69. The van der Waals surface area contributed by atoms with E-state index in [2.05, 4.69) is 20.6 Å². The fourth-order valence-corrected chi connectivity index (χ4v) is 2.95. The Kier molecular flexibility index (Phi) is 4.73. The first-order valence-corrected chi connectivity index (χ1v) is 8.16. The van der Waals surface area contributed by atoms with Crippen LogP contribution in [0.25, 0.3) is 0 Å². The van der Waals surface area contributed by atoms with Crippen LogP contribution in [0, 0.1) is 12.8 Å². The van der Waals surface area contributed by atoms with Crippen molar-refractivity contribution in [2.45, 2.75) is 39.0 Å². The van der Waals surface area contributed by atoms with Crippen LogP contribution in [-0.2, 0) is 31.1 Å². The molecule has 0 bridgehead atoms. The fraction of sp³-hybridized carbons (Fsp3) is 0.562. The van der Waals surface area contributed by atoms with Crippen molar-refractivity contribution in [1.29, 1.82) is 0 Å². The molecule has 128 valence electrons. The smallest absolute Gasteiger partial charge is 0.266 e. The lowest BCUT2D eigenvalue weighted by atomic mass is 9.86. The number of hydrogen-bond donors (Lipinski definition) is 1. The van der Waals surface area contributed by atoms with E-state index in [4.69, 9.17) is 4.52 Å². The van der Waals surface area contributed by atoms with Crippen LogP contribution >= 0.6 is 0 Å². The van der Waals surface area contributed by atoms with Gasteiger partial charge >= 0.3 is 0 Å². The van der Waals surface area contributed by atoms with E-state index in [0.29, 0.717) is 31.1 Å². The molecule has 0 unspecified atom stereocenters. The molecule has 24 heavy (non-hydrogen) atoms. The average molecular weight is 331 g/mol. The minimum atomic E-state index is -0.135. The van der Waals surface area contributed by atoms with Gasteiger partial charge < -0.3 is 9.84 Å². The molecular formula is C16H21N5O3. The van der Waals surface area contributed by atoms with E-state index in [9.17, 15) is 9.59 Å². The molecule has 0 aliphatic heterocycles. The van der Waals surface area contributed by atoms with Crippen molar-refractivity contribution in [2.75, 3.05) is 6.54 Å². The molecule has 2 heterocycles. The van der Waals surface area contributed by atoms with E-state index in [1.807, 2.05) is 0 Å². The Hall–Kier alpha value is -2.51. The normalized spacial score (nSPS) is 16.7. The lowest BCUT2D eigenvalue weighted by Gasteiger charge is -2.23. The first-order valence-electron chi connectivity index (χ1n) is 8.16. The van der Waals surface area contributed by atoms with Gasteiger partial charge in [0.15, 0.2) is 5.82 Å². The molecule has 0 radical (unpaired) electrons. The van der Waals surface area contributed by atoms with Crippen LogP contribution in [-0.4, -0.2) is 32.4 Å². The molecule has 8 heteroatoms. The SMILES string of the molecule is Cc1noc(CCCNC(=O)[C@@H]2CCc3nn(C)c(=O)cc3C2)n1. The summed E-state index contributed by atoms with van der Waals surface area (Å²) < 4.78 is 6.38. The largest absolute Gasteiger partial charge is 0.356 e. The molecule has 1 amide bonds. The summed E-state index contributed by atoms with van der Waals surface area (Å²) in [6, 6.07) is 1.60. The Balaban J connectivity index is 1.49. The predicted molar refractivity (Wildman–Crippen MR) is 85.4 cm³/mol. The lowest BCUT2D eigenvalue weighted by molar-refractivity contribution is -0.125. The van der Waals surface area contributed by atoms with E-state index in [1.165, 1.54) is 4.68 Å². The number of aromatic nitrogens is 4. The van der Waals surface area contributed by atoms with Crippen LogP contribution in [0.3, 0.4) is 0 Å². The number of aryl methyl sites for hydroxylation is 4. The van der Waals surface area contributed by atoms with Crippen LogP contribution in [0.1, 0.15) is 35.8 Å². The van der Waals surface area contributed by atoms with Crippen LogP contribution in [0.2, 0.25) is 0 Å². The average Bonchev–Trinajstić information content (AvgIpc) is 2.97. The van der Waals surface area contributed by atoms with Crippen molar-refractivity contribution < 1.29 is 9.32 Å². The van der Waals surface area contributed by atoms with Gasteiger partial charge in [0.2, 0.25) is 11.8 Å². The summed E-state index contributed by atoms with van der Waals surface area (Å²) in [5, 5.41) is 11.0. The zero-order chi connectivity index (χ0) is 17.1. The summed E-state index contributed by atoms with van der Waals surface area (Å²) in [5.74, 6) is 1.14. The highest BCUT2D eigenvalue weighted by atomic mass is 16.5. The third-order valence-electron chi connectivity index (χ3n) is 4.26. The Bertz CT molecular complexity index is 795. The van der Waals surface area contributed by atoms with Crippen LogP contribution in [0.4, 0.5) is 0 Å². The molecule has 1 atom stereocenters. The molecule has 0 fully saturated rings. The molecule has 0 saturated heterocycles. The van der Waals surface area contributed by atoms with Gasteiger partial charge in [-0.2, -0.15) is 10.1 Å². The number of hydrogen-bond acceptors (Lipinski definition) is 6. The summed E-state index contributed by atoms with van der Waals surface area (Å²) in [6.07, 6.45) is 3.45. The monoisotopic (exact) mass is 331 g/mol. The molecule has 8 nitrogen and oxygen atoms in total. The van der Waals surface area contributed by atoms with Crippen LogP contribution < -0.4 is 10.9 Å². The number of nitrogens with one attached hydrogen (secondary N) is 1. The van der Waals surface area contributed by atoms with E-state index in [0.717, 1.165) is 30.5 Å². The van der Waals surface area contributed by atoms with E-state index >= 15 is 0 Å². The van der Waals surface area contributed by atoms with Crippen LogP contribution in [0.5, 0.6) is 0 Å². The van der Waals surface area contributed by atoms with E-state index in [-0.39, 0.29) is 17.4 Å². The fourth-order valence-electron chi connectivity index (χ4n) is 2.95. The third-order valence-corrected chi connectivity index (χ3v) is 4.26. The molecule has 0 saturated carbocycles. The first-order chi connectivity index (χ1) is 11.5. The van der Waals surface area contributed by atoms with Crippen molar-refractivity contribution >= 4 is 5.91 Å². The second-order valence-corrected chi connectivity index (χ2v) is 6.15. The highest BCUT2D eigenvalue weighted by Gasteiger charge is 2.26. The quantitative estimate of drug-likeness (QED) is 0.792. The van der Waals surface area contributed by atoms with Crippen molar-refractivity contribution in [3.8, 4) is 0 Å². The molecule has 2 aromatic heterocycles. The number of carbonyl (C=O) groups excluding carboxylic acids is 1. The predicted octanol–water partition coefficient (Wildman–Crippen LogP) is 0.326. The molecule has 1 N–H and O–H groups in total. The van der Waals surface area contributed by atoms with Gasteiger partial charge in [-0.1, -0.05) is 5.16 Å². The Morgan fingerprint density at radius 2 is 2.33 bits per heavy atom. The second-order valence-electron chi connectivity index (χ2n) is 6.15. The van der Waals surface area contributed by atoms with Gasteiger partial charge in [-0.05, 0) is 38.2 Å². The van der Waals surface area contributed by atoms with Gasteiger partial charge in [0, 0.05) is 32.0 Å². The zero-order valence-corrected chi connectivity index (χ0v) is 13.9. The Labute approximate surface area is 139 Å². The van der Waals surface area contributed by atoms with Crippen molar-refractivity contribution in [2.24, 2.45) is 13.0 Å². The molecule has 3 rings (SSSR count).